The van der Waals surface area contributed by atoms with Crippen LogP contribution >= 0.6 is 0 Å². The van der Waals surface area contributed by atoms with Crippen molar-refractivity contribution in [2.45, 2.75) is 12.3 Å². The predicted molar refractivity (Wildman–Crippen MR) is 164 cm³/mol. The second-order valence-electron chi connectivity index (χ2n) is 10.4. The van der Waals surface area contributed by atoms with Gasteiger partial charge in [0.2, 0.25) is 0 Å². The van der Waals surface area contributed by atoms with Gasteiger partial charge in [0.1, 0.15) is 0 Å². The molecule has 2 N–H and O–H groups in total. The molecular weight excluding hydrogens is 470 g/mol. The van der Waals surface area contributed by atoms with E-state index >= 15 is 0 Å². The van der Waals surface area contributed by atoms with E-state index in [-0.39, 0.29) is 0 Å². The van der Waals surface area contributed by atoms with Gasteiger partial charge in [-0.25, -0.2) is 0 Å². The molecule has 39 heavy (non-hydrogen) atoms. The minimum Gasteiger partial charge on any atom is -0.398 e. The molecule has 1 aliphatic rings. The standard InChI is InChI=1S/C38H29N/c1-26-20-21-29(24-33(26)27-12-4-2-5-13-27)38(30-22-23-37(39)34(25-30)28-14-6-3-7-15-28)35-18-10-8-16-31(35)32-17-9-11-19-36(32)38/h2-25H,39H2,1H3. The van der Waals surface area contributed by atoms with E-state index in [0.29, 0.717) is 0 Å². The molecule has 0 spiro atoms. The lowest BCUT2D eigenvalue weighted by Crippen LogP contribution is -2.29. The van der Waals surface area contributed by atoms with Gasteiger partial charge >= 0.3 is 0 Å². The Kier molecular flexibility index (Phi) is 5.45. The van der Waals surface area contributed by atoms with Crippen LogP contribution in [0.3, 0.4) is 0 Å². The Bertz CT molecular complexity index is 1680. The summed E-state index contributed by atoms with van der Waals surface area (Å²) in [5.41, 5.74) is 20.5. The van der Waals surface area contributed by atoms with Crippen LogP contribution in [-0.2, 0) is 5.41 Å². The molecule has 1 heteroatoms. The van der Waals surface area contributed by atoms with Crippen LogP contribution in [0.25, 0.3) is 33.4 Å². The number of rotatable bonds is 4. The summed E-state index contributed by atoms with van der Waals surface area (Å²) >= 11 is 0. The summed E-state index contributed by atoms with van der Waals surface area (Å²) in [4.78, 5) is 0. The van der Waals surface area contributed by atoms with Gasteiger partial charge in [-0.15, -0.1) is 0 Å². The molecule has 0 aromatic heterocycles. The Morgan fingerprint density at radius 3 is 1.49 bits per heavy atom. The highest BCUT2D eigenvalue weighted by Crippen LogP contribution is 2.57. The molecule has 0 aliphatic heterocycles. The van der Waals surface area contributed by atoms with Gasteiger partial charge in [0.25, 0.3) is 0 Å². The minimum atomic E-state index is -0.484. The molecule has 7 rings (SSSR count). The van der Waals surface area contributed by atoms with E-state index in [4.69, 9.17) is 5.73 Å². The number of nitrogens with two attached hydrogens (primary N) is 1. The maximum atomic E-state index is 6.61. The molecule has 0 atom stereocenters. The van der Waals surface area contributed by atoms with Crippen molar-refractivity contribution in [2.24, 2.45) is 0 Å². The zero-order valence-corrected chi connectivity index (χ0v) is 21.9. The molecule has 6 aromatic carbocycles. The van der Waals surface area contributed by atoms with Crippen molar-refractivity contribution in [1.82, 2.24) is 0 Å². The Morgan fingerprint density at radius 1 is 0.436 bits per heavy atom. The van der Waals surface area contributed by atoms with Crippen LogP contribution in [0.5, 0.6) is 0 Å². The van der Waals surface area contributed by atoms with Crippen LogP contribution in [-0.4, -0.2) is 0 Å². The first-order chi connectivity index (χ1) is 19.2. The van der Waals surface area contributed by atoms with E-state index in [1.165, 1.54) is 50.1 Å². The Balaban J connectivity index is 1.59. The summed E-state index contributed by atoms with van der Waals surface area (Å²) in [6.45, 7) is 2.20. The number of benzene rings is 6. The summed E-state index contributed by atoms with van der Waals surface area (Å²) in [5, 5.41) is 0. The highest BCUT2D eigenvalue weighted by molar-refractivity contribution is 5.88. The average Bonchev–Trinajstić information content (AvgIpc) is 3.30. The van der Waals surface area contributed by atoms with Crippen molar-refractivity contribution in [3.63, 3.8) is 0 Å². The normalized spacial score (nSPS) is 13.1. The van der Waals surface area contributed by atoms with Crippen molar-refractivity contribution in [3.8, 4) is 33.4 Å². The summed E-state index contributed by atoms with van der Waals surface area (Å²) in [7, 11) is 0. The fourth-order valence-electron chi connectivity index (χ4n) is 6.46. The number of aryl methyl sites for hydroxylation is 1. The maximum Gasteiger partial charge on any atom is 0.0714 e. The van der Waals surface area contributed by atoms with Gasteiger partial charge in [-0.05, 0) is 80.8 Å². The third kappa shape index (κ3) is 3.55. The molecule has 0 unspecified atom stereocenters. The fourth-order valence-corrected chi connectivity index (χ4v) is 6.46. The molecule has 0 saturated heterocycles. The first kappa shape index (κ1) is 23.3. The quantitative estimate of drug-likeness (QED) is 0.240. The van der Waals surface area contributed by atoms with E-state index in [1.54, 1.807) is 0 Å². The predicted octanol–water partition coefficient (Wildman–Crippen LogP) is 9.27. The molecule has 0 heterocycles. The van der Waals surface area contributed by atoms with Crippen LogP contribution in [0, 0.1) is 6.92 Å². The third-order valence-corrected chi connectivity index (χ3v) is 8.28. The molecule has 6 aromatic rings. The highest BCUT2D eigenvalue weighted by atomic mass is 14.6. The molecule has 1 nitrogen and oxygen atoms in total. The molecule has 0 saturated carbocycles. The van der Waals surface area contributed by atoms with Crippen molar-refractivity contribution >= 4 is 5.69 Å². The minimum absolute atomic E-state index is 0.484. The number of fused-ring (bicyclic) bond motifs is 3. The number of anilines is 1. The van der Waals surface area contributed by atoms with Gasteiger partial charge in [0.05, 0.1) is 5.41 Å². The summed E-state index contributed by atoms with van der Waals surface area (Å²) in [5.74, 6) is 0. The van der Waals surface area contributed by atoms with Crippen molar-refractivity contribution in [1.29, 1.82) is 0 Å². The number of hydrogen-bond acceptors (Lipinski definition) is 1. The van der Waals surface area contributed by atoms with Gasteiger partial charge in [-0.2, -0.15) is 0 Å². The fraction of sp³-hybridized carbons (Fsp3) is 0.0526. The van der Waals surface area contributed by atoms with Gasteiger partial charge in [0.15, 0.2) is 0 Å². The Morgan fingerprint density at radius 2 is 0.897 bits per heavy atom. The largest absolute Gasteiger partial charge is 0.398 e. The van der Waals surface area contributed by atoms with E-state index in [1.807, 2.05) is 6.07 Å². The third-order valence-electron chi connectivity index (χ3n) is 8.28. The van der Waals surface area contributed by atoms with Crippen LogP contribution in [0.1, 0.15) is 27.8 Å². The van der Waals surface area contributed by atoms with Crippen LogP contribution in [0.2, 0.25) is 0 Å². The Hall–Kier alpha value is -4.88. The average molecular weight is 500 g/mol. The van der Waals surface area contributed by atoms with Crippen molar-refractivity contribution in [2.75, 3.05) is 5.73 Å². The molecule has 0 bridgehead atoms. The molecule has 1 aliphatic carbocycles. The monoisotopic (exact) mass is 499 g/mol. The first-order valence-electron chi connectivity index (χ1n) is 13.5. The maximum absolute atomic E-state index is 6.61. The van der Waals surface area contributed by atoms with Crippen LogP contribution in [0.15, 0.2) is 146 Å². The van der Waals surface area contributed by atoms with E-state index in [0.717, 1.165) is 16.8 Å². The summed E-state index contributed by atoms with van der Waals surface area (Å²) < 4.78 is 0. The van der Waals surface area contributed by atoms with E-state index in [2.05, 4.69) is 146 Å². The molecule has 0 fully saturated rings. The van der Waals surface area contributed by atoms with Gasteiger partial charge in [0, 0.05) is 11.3 Å². The van der Waals surface area contributed by atoms with Gasteiger partial charge in [-0.3, -0.25) is 0 Å². The van der Waals surface area contributed by atoms with Crippen molar-refractivity contribution < 1.29 is 0 Å². The molecule has 186 valence electrons. The summed E-state index contributed by atoms with van der Waals surface area (Å²) in [6.07, 6.45) is 0. The first-order valence-corrected chi connectivity index (χ1v) is 13.5. The van der Waals surface area contributed by atoms with E-state index < -0.39 is 5.41 Å². The lowest BCUT2D eigenvalue weighted by molar-refractivity contribution is 0.769. The Labute approximate surface area is 230 Å². The van der Waals surface area contributed by atoms with Crippen molar-refractivity contribution in [3.05, 3.63) is 173 Å². The number of hydrogen-bond donors (Lipinski definition) is 1. The topological polar surface area (TPSA) is 26.0 Å². The molecule has 0 radical (unpaired) electrons. The number of nitrogen functional groups attached to an aromatic ring is 1. The van der Waals surface area contributed by atoms with Crippen LogP contribution < -0.4 is 5.73 Å². The summed E-state index contributed by atoms with van der Waals surface area (Å²) in [6, 6.07) is 52.5. The zero-order valence-electron chi connectivity index (χ0n) is 21.9. The SMILES string of the molecule is Cc1ccc(C2(c3ccc(N)c(-c4ccccc4)c3)c3ccccc3-c3ccccc32)cc1-c1ccccc1. The highest BCUT2D eigenvalue weighted by Gasteiger charge is 2.46. The molecular formula is C38H29N. The lowest BCUT2D eigenvalue weighted by Gasteiger charge is -2.35. The second kappa shape index (κ2) is 9.15. The second-order valence-corrected chi connectivity index (χ2v) is 10.4. The van der Waals surface area contributed by atoms with Gasteiger partial charge in [-0.1, -0.05) is 127 Å². The van der Waals surface area contributed by atoms with E-state index in [9.17, 15) is 0 Å². The van der Waals surface area contributed by atoms with Crippen LogP contribution in [0.4, 0.5) is 5.69 Å². The molecule has 0 amide bonds. The van der Waals surface area contributed by atoms with Gasteiger partial charge < -0.3 is 5.73 Å². The lowest BCUT2D eigenvalue weighted by atomic mass is 9.66. The smallest absolute Gasteiger partial charge is 0.0714 e. The zero-order chi connectivity index (χ0) is 26.4.